The van der Waals surface area contributed by atoms with Gasteiger partial charge in [0, 0.05) is 11.3 Å². The Labute approximate surface area is 112 Å². The molecule has 2 aromatic rings. The number of nitrogens with one attached hydrogen (secondary N) is 1. The van der Waals surface area contributed by atoms with Crippen molar-refractivity contribution in [1.29, 1.82) is 0 Å². The van der Waals surface area contributed by atoms with Gasteiger partial charge in [-0.1, -0.05) is 12.2 Å². The fourth-order valence-corrected chi connectivity index (χ4v) is 2.14. The zero-order valence-electron chi connectivity index (χ0n) is 11.0. The summed E-state index contributed by atoms with van der Waals surface area (Å²) in [4.78, 5) is 7.77. The van der Waals surface area contributed by atoms with Crippen LogP contribution in [0.2, 0.25) is 0 Å². The number of aryl methyl sites for hydroxylation is 3. The molecule has 0 atom stereocenters. The highest BCUT2D eigenvalue weighted by molar-refractivity contribution is 7.71. The number of hydrogen-bond donors (Lipinski definition) is 1. The lowest BCUT2D eigenvalue weighted by atomic mass is 10.1. The average molecular weight is 260 g/mol. The molecule has 0 amide bonds. The van der Waals surface area contributed by atoms with Crippen LogP contribution < -0.4 is 4.74 Å². The third-order valence-electron chi connectivity index (χ3n) is 3.03. The summed E-state index contributed by atoms with van der Waals surface area (Å²) in [6.07, 6.45) is 0. The molecule has 2 rings (SSSR count). The van der Waals surface area contributed by atoms with Crippen LogP contribution in [-0.2, 0) is 0 Å². The lowest BCUT2D eigenvalue weighted by Crippen LogP contribution is -1.97. The van der Waals surface area contributed by atoms with Crippen LogP contribution in [0.25, 0.3) is 11.3 Å². The van der Waals surface area contributed by atoms with Crippen molar-refractivity contribution in [3.63, 3.8) is 0 Å². The monoisotopic (exact) mass is 260 g/mol. The number of hydrogen-bond acceptors (Lipinski definition) is 3. The number of H-pyrrole nitrogens is 1. The van der Waals surface area contributed by atoms with Crippen molar-refractivity contribution in [2.45, 2.75) is 20.8 Å². The summed E-state index contributed by atoms with van der Waals surface area (Å²) >= 11 is 5.35. The first-order valence-corrected chi connectivity index (χ1v) is 6.16. The van der Waals surface area contributed by atoms with Gasteiger partial charge in [-0.05, 0) is 44.5 Å². The maximum atomic E-state index is 5.35. The highest BCUT2D eigenvalue weighted by Gasteiger charge is 2.08. The number of methoxy groups -OCH3 is 1. The van der Waals surface area contributed by atoms with E-state index in [9.17, 15) is 0 Å². The topological polar surface area (TPSA) is 37.9 Å². The van der Waals surface area contributed by atoms with Gasteiger partial charge < -0.3 is 9.72 Å². The first-order valence-electron chi connectivity index (χ1n) is 5.75. The van der Waals surface area contributed by atoms with Gasteiger partial charge in [-0.15, -0.1) is 0 Å². The van der Waals surface area contributed by atoms with Crippen molar-refractivity contribution in [3.8, 4) is 17.0 Å². The second-order valence-corrected chi connectivity index (χ2v) is 4.71. The van der Waals surface area contributed by atoms with Crippen LogP contribution in [0.5, 0.6) is 5.75 Å². The van der Waals surface area contributed by atoms with E-state index in [2.05, 4.69) is 9.97 Å². The molecule has 1 heterocycles. The van der Waals surface area contributed by atoms with Gasteiger partial charge in [-0.25, -0.2) is 4.98 Å². The van der Waals surface area contributed by atoms with E-state index in [0.29, 0.717) is 4.64 Å². The Morgan fingerprint density at radius 1 is 1.22 bits per heavy atom. The molecular weight excluding hydrogens is 244 g/mol. The summed E-state index contributed by atoms with van der Waals surface area (Å²) in [6, 6.07) is 5.91. The minimum Gasteiger partial charge on any atom is -0.497 e. The second-order valence-electron chi connectivity index (χ2n) is 4.31. The largest absolute Gasteiger partial charge is 0.497 e. The first-order chi connectivity index (χ1) is 8.52. The van der Waals surface area contributed by atoms with E-state index in [1.165, 1.54) is 0 Å². The van der Waals surface area contributed by atoms with Gasteiger partial charge in [0.05, 0.1) is 12.8 Å². The van der Waals surface area contributed by atoms with Crippen LogP contribution in [0.15, 0.2) is 18.2 Å². The second kappa shape index (κ2) is 4.90. The third-order valence-corrected chi connectivity index (χ3v) is 3.32. The van der Waals surface area contributed by atoms with Crippen LogP contribution in [0.3, 0.4) is 0 Å². The van der Waals surface area contributed by atoms with Crippen molar-refractivity contribution >= 4 is 12.2 Å². The van der Waals surface area contributed by atoms with Crippen LogP contribution in [0.4, 0.5) is 0 Å². The molecule has 0 unspecified atom stereocenters. The fraction of sp³-hybridized carbons (Fsp3) is 0.286. The van der Waals surface area contributed by atoms with E-state index < -0.39 is 0 Å². The minimum absolute atomic E-state index is 0.673. The smallest absolute Gasteiger partial charge is 0.130 e. The van der Waals surface area contributed by atoms with Gasteiger partial charge in [-0.2, -0.15) is 0 Å². The van der Waals surface area contributed by atoms with Crippen LogP contribution in [-0.4, -0.2) is 17.1 Å². The van der Waals surface area contributed by atoms with Crippen molar-refractivity contribution in [2.24, 2.45) is 0 Å². The van der Waals surface area contributed by atoms with Crippen molar-refractivity contribution in [3.05, 3.63) is 39.8 Å². The number of benzene rings is 1. The first kappa shape index (κ1) is 12.8. The summed E-state index contributed by atoms with van der Waals surface area (Å²) in [6.45, 7) is 5.98. The molecule has 1 N–H and O–H groups in total. The van der Waals surface area contributed by atoms with E-state index in [4.69, 9.17) is 17.0 Å². The Hall–Kier alpha value is -1.68. The molecule has 1 aromatic carbocycles. The molecule has 0 spiro atoms. The lowest BCUT2D eigenvalue weighted by molar-refractivity contribution is 0.414. The molecule has 0 radical (unpaired) electrons. The quantitative estimate of drug-likeness (QED) is 0.836. The number of aromatic amines is 1. The van der Waals surface area contributed by atoms with Gasteiger partial charge >= 0.3 is 0 Å². The molecule has 18 heavy (non-hydrogen) atoms. The van der Waals surface area contributed by atoms with Crippen LogP contribution >= 0.6 is 12.2 Å². The van der Waals surface area contributed by atoms with Crippen LogP contribution in [0, 0.1) is 25.4 Å². The van der Waals surface area contributed by atoms with E-state index in [1.807, 2.05) is 39.0 Å². The number of nitrogens with zero attached hydrogens (tertiary/aromatic N) is 1. The van der Waals surface area contributed by atoms with Gasteiger partial charge in [0.25, 0.3) is 0 Å². The summed E-state index contributed by atoms with van der Waals surface area (Å²) in [5.74, 6) is 0.843. The Kier molecular flexibility index (Phi) is 3.48. The molecule has 0 bridgehead atoms. The molecule has 0 saturated heterocycles. The average Bonchev–Trinajstić information content (AvgIpc) is 2.34. The van der Waals surface area contributed by atoms with Crippen molar-refractivity contribution in [2.75, 3.05) is 7.11 Å². The number of rotatable bonds is 2. The van der Waals surface area contributed by atoms with E-state index >= 15 is 0 Å². The zero-order chi connectivity index (χ0) is 13.3. The summed E-state index contributed by atoms with van der Waals surface area (Å²) in [7, 11) is 1.66. The predicted octanol–water partition coefficient (Wildman–Crippen LogP) is 3.74. The van der Waals surface area contributed by atoms with Crippen molar-refractivity contribution < 1.29 is 4.74 Å². The van der Waals surface area contributed by atoms with Crippen LogP contribution in [0.1, 0.15) is 17.0 Å². The lowest BCUT2D eigenvalue weighted by Gasteiger charge is -2.09. The van der Waals surface area contributed by atoms with Gasteiger partial charge in [0.15, 0.2) is 0 Å². The standard InChI is InChI=1S/C14H16N2OS/c1-8-7-11(17-4)5-6-12(8)13-14(18)16-10(3)9(2)15-13/h5-7H,1-4H3,(H,16,18). The molecule has 0 aliphatic heterocycles. The predicted molar refractivity (Wildman–Crippen MR) is 75.6 cm³/mol. The normalized spacial score (nSPS) is 10.4. The molecule has 3 nitrogen and oxygen atoms in total. The molecule has 94 valence electrons. The van der Waals surface area contributed by atoms with E-state index in [-0.39, 0.29) is 0 Å². The van der Waals surface area contributed by atoms with Gasteiger partial charge in [0.1, 0.15) is 16.1 Å². The maximum absolute atomic E-state index is 5.35. The maximum Gasteiger partial charge on any atom is 0.130 e. The Morgan fingerprint density at radius 2 is 1.94 bits per heavy atom. The van der Waals surface area contributed by atoms with Gasteiger partial charge in [0.2, 0.25) is 0 Å². The SMILES string of the molecule is COc1ccc(-c2nc(C)c(C)[nH]c2=S)c(C)c1. The highest BCUT2D eigenvalue weighted by Crippen LogP contribution is 2.26. The summed E-state index contributed by atoms with van der Waals surface area (Å²) < 4.78 is 5.88. The molecule has 0 saturated carbocycles. The Balaban J connectivity index is 2.62. The van der Waals surface area contributed by atoms with E-state index in [0.717, 1.165) is 34.0 Å². The molecule has 0 fully saturated rings. The summed E-state index contributed by atoms with van der Waals surface area (Å²) in [5.41, 5.74) is 4.95. The molecule has 1 aromatic heterocycles. The molecule has 4 heteroatoms. The number of aromatic nitrogens is 2. The molecular formula is C14H16N2OS. The van der Waals surface area contributed by atoms with Gasteiger partial charge in [-0.3, -0.25) is 0 Å². The minimum atomic E-state index is 0.673. The summed E-state index contributed by atoms with van der Waals surface area (Å²) in [5, 5.41) is 0. The fourth-order valence-electron chi connectivity index (χ4n) is 1.83. The Morgan fingerprint density at radius 3 is 2.56 bits per heavy atom. The third kappa shape index (κ3) is 2.29. The molecule has 0 aliphatic rings. The Bertz CT molecular complexity index is 647. The molecule has 0 aliphatic carbocycles. The highest BCUT2D eigenvalue weighted by atomic mass is 32.1. The number of ether oxygens (including phenoxy) is 1. The van der Waals surface area contributed by atoms with Crippen molar-refractivity contribution in [1.82, 2.24) is 9.97 Å². The zero-order valence-corrected chi connectivity index (χ0v) is 11.8. The van der Waals surface area contributed by atoms with E-state index in [1.54, 1.807) is 7.11 Å².